The van der Waals surface area contributed by atoms with Gasteiger partial charge in [0.05, 0.1) is 6.61 Å². The monoisotopic (exact) mass is 251 g/mol. The Hall–Kier alpha value is -0.870. The van der Waals surface area contributed by atoms with Crippen LogP contribution in [0.4, 0.5) is 0 Å². The van der Waals surface area contributed by atoms with Crippen molar-refractivity contribution >= 4 is 0 Å². The van der Waals surface area contributed by atoms with Crippen LogP contribution in [0.1, 0.15) is 51.4 Å². The molecule has 1 saturated carbocycles. The molecule has 1 aromatic rings. The van der Waals surface area contributed by atoms with E-state index in [2.05, 4.69) is 34.9 Å². The summed E-state index contributed by atoms with van der Waals surface area (Å²) in [6.07, 6.45) is 9.23. The zero-order valence-corrected chi connectivity index (χ0v) is 11.5. The van der Waals surface area contributed by atoms with Crippen molar-refractivity contribution in [3.8, 4) is 0 Å². The highest BCUT2D eigenvalue weighted by Crippen LogP contribution is 2.38. The average Bonchev–Trinajstić information content (AvgIpc) is 3.03. The minimum atomic E-state index is -0.0735. The number of aliphatic hydroxyl groups excluding tert-OH is 1. The first-order valence-electron chi connectivity index (χ1n) is 7.12. The summed E-state index contributed by atoms with van der Waals surface area (Å²) < 4.78 is 2.30. The fraction of sp³-hybridized carbons (Fsp3) is 0.786. The van der Waals surface area contributed by atoms with E-state index >= 15 is 0 Å². The average molecular weight is 251 g/mol. The normalized spacial score (nSPS) is 27.8. The molecule has 2 unspecified atom stereocenters. The summed E-state index contributed by atoms with van der Waals surface area (Å²) in [7, 11) is 0. The number of rotatable bonds is 6. The van der Waals surface area contributed by atoms with Crippen molar-refractivity contribution in [1.82, 2.24) is 14.9 Å². The Balaban J connectivity index is 2.06. The first-order valence-corrected chi connectivity index (χ1v) is 7.12. The van der Waals surface area contributed by atoms with E-state index in [1.165, 1.54) is 0 Å². The molecule has 0 amide bonds. The predicted molar refractivity (Wildman–Crippen MR) is 72.6 cm³/mol. The lowest BCUT2D eigenvalue weighted by Gasteiger charge is -2.29. The van der Waals surface area contributed by atoms with Gasteiger partial charge in [-0.2, -0.15) is 0 Å². The Labute approximate surface area is 109 Å². The van der Waals surface area contributed by atoms with Crippen molar-refractivity contribution < 1.29 is 5.11 Å². The Kier molecular flexibility index (Phi) is 4.40. The van der Waals surface area contributed by atoms with Crippen molar-refractivity contribution in [3.63, 3.8) is 0 Å². The Morgan fingerprint density at radius 1 is 1.56 bits per heavy atom. The quantitative estimate of drug-likeness (QED) is 0.812. The Bertz CT molecular complexity index is 377. The molecule has 4 heteroatoms. The van der Waals surface area contributed by atoms with E-state index < -0.39 is 0 Å². The highest BCUT2D eigenvalue weighted by atomic mass is 16.3. The second-order valence-electron chi connectivity index (χ2n) is 5.37. The van der Waals surface area contributed by atoms with Gasteiger partial charge in [-0.05, 0) is 32.2 Å². The fourth-order valence-electron chi connectivity index (χ4n) is 3.04. The number of aliphatic hydroxyl groups is 1. The molecular weight excluding hydrogens is 226 g/mol. The predicted octanol–water partition coefficient (Wildman–Crippen LogP) is 1.90. The van der Waals surface area contributed by atoms with Gasteiger partial charge in [-0.3, -0.25) is 0 Å². The van der Waals surface area contributed by atoms with Crippen LogP contribution in [0.2, 0.25) is 0 Å². The maximum Gasteiger partial charge on any atom is 0.108 e. The molecule has 0 saturated heterocycles. The van der Waals surface area contributed by atoms with Gasteiger partial charge in [-0.15, -0.1) is 0 Å². The highest BCUT2D eigenvalue weighted by molar-refractivity contribution is 5.03. The van der Waals surface area contributed by atoms with E-state index in [0.717, 1.165) is 44.5 Å². The van der Waals surface area contributed by atoms with E-state index in [-0.39, 0.29) is 12.1 Å². The van der Waals surface area contributed by atoms with Gasteiger partial charge in [0.2, 0.25) is 0 Å². The number of nitrogens with zero attached hydrogens (tertiary/aromatic N) is 2. The Morgan fingerprint density at radius 2 is 2.39 bits per heavy atom. The van der Waals surface area contributed by atoms with Crippen LogP contribution in [0, 0.1) is 0 Å². The summed E-state index contributed by atoms with van der Waals surface area (Å²) in [6.45, 7) is 5.52. The largest absolute Gasteiger partial charge is 0.394 e. The van der Waals surface area contributed by atoms with Crippen molar-refractivity contribution in [2.75, 3.05) is 13.2 Å². The lowest BCUT2D eigenvalue weighted by Crippen LogP contribution is -2.46. The van der Waals surface area contributed by atoms with E-state index in [4.69, 9.17) is 0 Å². The molecular formula is C14H25N3O. The molecule has 18 heavy (non-hydrogen) atoms. The topological polar surface area (TPSA) is 50.1 Å². The molecule has 2 N–H and O–H groups in total. The number of nitrogens with one attached hydrogen (secondary N) is 1. The molecule has 0 radical (unpaired) electrons. The third kappa shape index (κ3) is 2.59. The standard InChI is InChI=1S/C14H25N3O/c1-3-7-16-14(11-18)6-5-12(10-14)17-9-8-15-13(17)4-2/h8-9,12,16,18H,3-7,10-11H2,1-2H3. The van der Waals surface area contributed by atoms with Gasteiger partial charge in [-0.1, -0.05) is 13.8 Å². The summed E-state index contributed by atoms with van der Waals surface area (Å²) in [5, 5.41) is 13.2. The summed E-state index contributed by atoms with van der Waals surface area (Å²) in [6, 6.07) is 0.485. The third-order valence-electron chi connectivity index (χ3n) is 4.09. The van der Waals surface area contributed by atoms with Gasteiger partial charge in [0.25, 0.3) is 0 Å². The molecule has 1 aromatic heterocycles. The second kappa shape index (κ2) is 5.85. The molecule has 1 aliphatic rings. The molecule has 2 rings (SSSR count). The molecule has 1 heterocycles. The molecule has 0 aromatic carbocycles. The molecule has 4 nitrogen and oxygen atoms in total. The molecule has 0 bridgehead atoms. The number of aryl methyl sites for hydroxylation is 1. The maximum absolute atomic E-state index is 9.70. The number of aromatic nitrogens is 2. The Morgan fingerprint density at radius 3 is 3.06 bits per heavy atom. The van der Waals surface area contributed by atoms with Gasteiger partial charge in [0.15, 0.2) is 0 Å². The van der Waals surface area contributed by atoms with Crippen LogP contribution >= 0.6 is 0 Å². The van der Waals surface area contributed by atoms with Gasteiger partial charge in [0.1, 0.15) is 5.82 Å². The molecule has 1 fully saturated rings. The minimum absolute atomic E-state index is 0.0735. The third-order valence-corrected chi connectivity index (χ3v) is 4.09. The van der Waals surface area contributed by atoms with Gasteiger partial charge in [0, 0.05) is 30.4 Å². The lowest BCUT2D eigenvalue weighted by atomic mass is 9.98. The summed E-state index contributed by atoms with van der Waals surface area (Å²) in [4.78, 5) is 4.40. The van der Waals surface area contributed by atoms with Crippen LogP contribution in [0.5, 0.6) is 0 Å². The van der Waals surface area contributed by atoms with Crippen LogP contribution in [0.25, 0.3) is 0 Å². The molecule has 102 valence electrons. The van der Waals surface area contributed by atoms with Gasteiger partial charge < -0.3 is 15.0 Å². The van der Waals surface area contributed by atoms with E-state index in [9.17, 15) is 5.11 Å². The van der Waals surface area contributed by atoms with Crippen molar-refractivity contribution in [2.24, 2.45) is 0 Å². The van der Waals surface area contributed by atoms with Crippen LogP contribution in [0.3, 0.4) is 0 Å². The maximum atomic E-state index is 9.70. The number of hydrogen-bond acceptors (Lipinski definition) is 3. The second-order valence-corrected chi connectivity index (χ2v) is 5.37. The number of imidazole rings is 1. The zero-order valence-electron chi connectivity index (χ0n) is 11.5. The first-order chi connectivity index (χ1) is 8.74. The molecule has 0 aliphatic heterocycles. The van der Waals surface area contributed by atoms with E-state index in [0.29, 0.717) is 6.04 Å². The first kappa shape index (κ1) is 13.6. The van der Waals surface area contributed by atoms with Crippen LogP contribution in [-0.4, -0.2) is 33.3 Å². The van der Waals surface area contributed by atoms with Crippen LogP contribution in [-0.2, 0) is 6.42 Å². The fourth-order valence-corrected chi connectivity index (χ4v) is 3.04. The van der Waals surface area contributed by atoms with E-state index in [1.54, 1.807) is 0 Å². The van der Waals surface area contributed by atoms with Crippen LogP contribution < -0.4 is 5.32 Å². The van der Waals surface area contributed by atoms with Gasteiger partial charge >= 0.3 is 0 Å². The summed E-state index contributed by atoms with van der Waals surface area (Å²) in [5.74, 6) is 1.16. The van der Waals surface area contributed by atoms with Gasteiger partial charge in [-0.25, -0.2) is 4.98 Å². The van der Waals surface area contributed by atoms with Crippen molar-refractivity contribution in [2.45, 2.75) is 57.5 Å². The highest BCUT2D eigenvalue weighted by Gasteiger charge is 2.39. The lowest BCUT2D eigenvalue weighted by molar-refractivity contribution is 0.160. The van der Waals surface area contributed by atoms with Crippen molar-refractivity contribution in [1.29, 1.82) is 0 Å². The summed E-state index contributed by atoms with van der Waals surface area (Å²) >= 11 is 0. The summed E-state index contributed by atoms with van der Waals surface area (Å²) in [5.41, 5.74) is -0.0735. The minimum Gasteiger partial charge on any atom is -0.394 e. The molecule has 1 aliphatic carbocycles. The molecule has 2 atom stereocenters. The smallest absolute Gasteiger partial charge is 0.108 e. The van der Waals surface area contributed by atoms with Crippen LogP contribution in [0.15, 0.2) is 12.4 Å². The SMILES string of the molecule is CCCNC1(CO)CCC(n2ccnc2CC)C1. The van der Waals surface area contributed by atoms with E-state index in [1.807, 2.05) is 6.20 Å². The number of hydrogen-bond donors (Lipinski definition) is 2. The van der Waals surface area contributed by atoms with Crippen molar-refractivity contribution in [3.05, 3.63) is 18.2 Å². The molecule has 0 spiro atoms. The zero-order chi connectivity index (χ0) is 13.0.